The number of rotatable bonds is 6. The van der Waals surface area contributed by atoms with Crippen molar-refractivity contribution in [2.24, 2.45) is 5.73 Å². The Bertz CT molecular complexity index is 271. The van der Waals surface area contributed by atoms with Crippen LogP contribution < -0.4 is 5.73 Å². The van der Waals surface area contributed by atoms with Crippen LogP contribution in [-0.4, -0.2) is 41.7 Å². The van der Waals surface area contributed by atoms with Gasteiger partial charge in [0.25, 0.3) is 0 Å². The standard InChI is InChI=1S/C10H16N2O2S/c1-14-7-8(11)9(6-13)15-10-4-2-3-5-12-10/h2-5,8-9,13H,6-7,11H2,1H3. The van der Waals surface area contributed by atoms with Crippen molar-refractivity contribution in [1.82, 2.24) is 4.98 Å². The summed E-state index contributed by atoms with van der Waals surface area (Å²) >= 11 is 1.47. The molecular formula is C10H16N2O2S. The Balaban J connectivity index is 2.53. The second kappa shape index (κ2) is 6.79. The molecule has 84 valence electrons. The summed E-state index contributed by atoms with van der Waals surface area (Å²) in [5.41, 5.74) is 5.85. The van der Waals surface area contributed by atoms with E-state index in [1.165, 1.54) is 11.8 Å². The van der Waals surface area contributed by atoms with E-state index in [0.29, 0.717) is 6.61 Å². The maximum atomic E-state index is 9.20. The van der Waals surface area contributed by atoms with Gasteiger partial charge in [0, 0.05) is 19.3 Å². The Kier molecular flexibility index (Phi) is 5.63. The van der Waals surface area contributed by atoms with Crippen LogP contribution in [0.2, 0.25) is 0 Å². The SMILES string of the molecule is COCC(N)C(CO)Sc1ccccn1. The summed E-state index contributed by atoms with van der Waals surface area (Å²) in [6.45, 7) is 0.455. The molecule has 0 bridgehead atoms. The predicted molar refractivity (Wildman–Crippen MR) is 60.8 cm³/mol. The molecule has 0 fully saturated rings. The van der Waals surface area contributed by atoms with Gasteiger partial charge < -0.3 is 15.6 Å². The van der Waals surface area contributed by atoms with E-state index in [2.05, 4.69) is 4.98 Å². The summed E-state index contributed by atoms with van der Waals surface area (Å²) in [5.74, 6) is 0. The summed E-state index contributed by atoms with van der Waals surface area (Å²) in [6.07, 6.45) is 1.72. The average Bonchev–Trinajstić information content (AvgIpc) is 2.27. The fraction of sp³-hybridized carbons (Fsp3) is 0.500. The highest BCUT2D eigenvalue weighted by Gasteiger charge is 2.18. The quantitative estimate of drug-likeness (QED) is 0.694. The summed E-state index contributed by atoms with van der Waals surface area (Å²) in [7, 11) is 1.60. The molecule has 15 heavy (non-hydrogen) atoms. The highest BCUT2D eigenvalue weighted by atomic mass is 32.2. The van der Waals surface area contributed by atoms with Crippen LogP contribution in [0.4, 0.5) is 0 Å². The van der Waals surface area contributed by atoms with Crippen molar-refractivity contribution < 1.29 is 9.84 Å². The van der Waals surface area contributed by atoms with Crippen molar-refractivity contribution in [2.75, 3.05) is 20.3 Å². The van der Waals surface area contributed by atoms with Crippen LogP contribution >= 0.6 is 11.8 Å². The number of ether oxygens (including phenoxy) is 1. The zero-order valence-corrected chi connectivity index (χ0v) is 9.48. The Morgan fingerprint density at radius 1 is 1.60 bits per heavy atom. The van der Waals surface area contributed by atoms with Gasteiger partial charge in [-0.05, 0) is 12.1 Å². The lowest BCUT2D eigenvalue weighted by atomic mass is 10.2. The molecule has 0 radical (unpaired) electrons. The molecule has 2 unspecified atom stereocenters. The molecule has 0 aliphatic carbocycles. The zero-order valence-electron chi connectivity index (χ0n) is 8.67. The third-order valence-electron chi connectivity index (χ3n) is 1.93. The minimum absolute atomic E-state index is 0.0196. The number of aromatic nitrogens is 1. The molecule has 2 atom stereocenters. The summed E-state index contributed by atoms with van der Waals surface area (Å²) in [4.78, 5) is 4.16. The first kappa shape index (κ1) is 12.4. The summed E-state index contributed by atoms with van der Waals surface area (Å²) < 4.78 is 4.95. The Morgan fingerprint density at radius 2 is 2.40 bits per heavy atom. The lowest BCUT2D eigenvalue weighted by molar-refractivity contribution is 0.167. The van der Waals surface area contributed by atoms with Crippen LogP contribution in [0, 0.1) is 0 Å². The molecule has 1 rings (SSSR count). The first-order chi connectivity index (χ1) is 7.27. The van der Waals surface area contributed by atoms with Crippen molar-refractivity contribution in [2.45, 2.75) is 16.3 Å². The first-order valence-corrected chi connectivity index (χ1v) is 5.59. The van der Waals surface area contributed by atoms with E-state index < -0.39 is 0 Å². The highest BCUT2D eigenvalue weighted by Crippen LogP contribution is 2.22. The second-order valence-corrected chi connectivity index (χ2v) is 4.39. The third kappa shape index (κ3) is 4.17. The van der Waals surface area contributed by atoms with Gasteiger partial charge in [0.05, 0.1) is 23.5 Å². The van der Waals surface area contributed by atoms with E-state index >= 15 is 0 Å². The van der Waals surface area contributed by atoms with Crippen LogP contribution in [-0.2, 0) is 4.74 Å². The highest BCUT2D eigenvalue weighted by molar-refractivity contribution is 7.99. The van der Waals surface area contributed by atoms with Gasteiger partial charge in [-0.1, -0.05) is 17.8 Å². The predicted octanol–water partition coefficient (Wildman–Crippen LogP) is 0.508. The lowest BCUT2D eigenvalue weighted by Gasteiger charge is -2.20. The fourth-order valence-electron chi connectivity index (χ4n) is 1.13. The topological polar surface area (TPSA) is 68.4 Å². The van der Waals surface area contributed by atoms with Crippen molar-refractivity contribution in [3.63, 3.8) is 0 Å². The van der Waals surface area contributed by atoms with Crippen molar-refractivity contribution in [3.8, 4) is 0 Å². The van der Waals surface area contributed by atoms with Gasteiger partial charge >= 0.3 is 0 Å². The minimum Gasteiger partial charge on any atom is -0.395 e. The molecule has 1 heterocycles. The molecule has 0 aliphatic rings. The lowest BCUT2D eigenvalue weighted by Crippen LogP contribution is -2.38. The monoisotopic (exact) mass is 228 g/mol. The van der Waals surface area contributed by atoms with Crippen LogP contribution in [0.15, 0.2) is 29.4 Å². The number of hydrogen-bond donors (Lipinski definition) is 2. The van der Waals surface area contributed by atoms with Crippen LogP contribution in [0.25, 0.3) is 0 Å². The molecule has 0 saturated carbocycles. The Morgan fingerprint density at radius 3 is 2.93 bits per heavy atom. The number of aliphatic hydroxyl groups is 1. The minimum atomic E-state index is -0.188. The van der Waals surface area contributed by atoms with Gasteiger partial charge in [-0.3, -0.25) is 0 Å². The second-order valence-electron chi connectivity index (χ2n) is 3.13. The molecule has 0 amide bonds. The van der Waals surface area contributed by atoms with Crippen molar-refractivity contribution in [3.05, 3.63) is 24.4 Å². The molecule has 3 N–H and O–H groups in total. The maximum Gasteiger partial charge on any atom is 0.0963 e. The van der Waals surface area contributed by atoms with Gasteiger partial charge in [0.2, 0.25) is 0 Å². The number of thioether (sulfide) groups is 1. The van der Waals surface area contributed by atoms with Gasteiger partial charge in [0.15, 0.2) is 0 Å². The van der Waals surface area contributed by atoms with Gasteiger partial charge in [0.1, 0.15) is 0 Å². The van der Waals surface area contributed by atoms with E-state index in [1.807, 2.05) is 18.2 Å². The smallest absolute Gasteiger partial charge is 0.0963 e. The summed E-state index contributed by atoms with van der Waals surface area (Å²) in [5, 5.41) is 9.98. The Labute approximate surface area is 93.8 Å². The molecule has 0 saturated heterocycles. The third-order valence-corrected chi connectivity index (χ3v) is 3.21. The average molecular weight is 228 g/mol. The van der Waals surface area contributed by atoms with E-state index in [-0.39, 0.29) is 17.9 Å². The number of nitrogens with two attached hydrogens (primary N) is 1. The van der Waals surface area contributed by atoms with Crippen LogP contribution in [0.3, 0.4) is 0 Å². The number of nitrogens with zero attached hydrogens (tertiary/aromatic N) is 1. The number of pyridine rings is 1. The van der Waals surface area contributed by atoms with E-state index in [4.69, 9.17) is 10.5 Å². The van der Waals surface area contributed by atoms with E-state index in [1.54, 1.807) is 13.3 Å². The number of methoxy groups -OCH3 is 1. The largest absolute Gasteiger partial charge is 0.395 e. The van der Waals surface area contributed by atoms with E-state index in [0.717, 1.165) is 5.03 Å². The first-order valence-electron chi connectivity index (χ1n) is 4.71. The molecule has 0 aromatic carbocycles. The van der Waals surface area contributed by atoms with Gasteiger partial charge in [-0.2, -0.15) is 0 Å². The number of hydrogen-bond acceptors (Lipinski definition) is 5. The van der Waals surface area contributed by atoms with Crippen LogP contribution in [0.5, 0.6) is 0 Å². The van der Waals surface area contributed by atoms with Gasteiger partial charge in [-0.25, -0.2) is 4.98 Å². The molecule has 0 aliphatic heterocycles. The van der Waals surface area contributed by atoms with Gasteiger partial charge in [-0.15, -0.1) is 0 Å². The van der Waals surface area contributed by atoms with Crippen LogP contribution in [0.1, 0.15) is 0 Å². The normalized spacial score (nSPS) is 14.9. The molecule has 5 heteroatoms. The van der Waals surface area contributed by atoms with Crippen molar-refractivity contribution >= 4 is 11.8 Å². The molecule has 0 spiro atoms. The maximum absolute atomic E-state index is 9.20. The molecule has 1 aromatic heterocycles. The molecule has 4 nitrogen and oxygen atoms in total. The van der Waals surface area contributed by atoms with Crippen molar-refractivity contribution in [1.29, 1.82) is 0 Å². The fourth-order valence-corrected chi connectivity index (χ4v) is 2.05. The van der Waals surface area contributed by atoms with E-state index in [9.17, 15) is 5.11 Å². The molecule has 1 aromatic rings. The summed E-state index contributed by atoms with van der Waals surface area (Å²) in [6, 6.07) is 5.47. The number of aliphatic hydroxyl groups excluding tert-OH is 1. The zero-order chi connectivity index (χ0) is 11.1. The molecular weight excluding hydrogens is 212 g/mol. The Hall–Kier alpha value is -0.620.